The smallest absolute Gasteiger partial charge is 0.351 e. The largest absolute Gasteiger partial charge is 0.366 e. The third-order valence-corrected chi connectivity index (χ3v) is 3.07. The third kappa shape index (κ3) is 2.82. The Labute approximate surface area is 117 Å². The zero-order valence-corrected chi connectivity index (χ0v) is 11.7. The van der Waals surface area contributed by atoms with E-state index < -0.39 is 5.63 Å². The van der Waals surface area contributed by atoms with Crippen LogP contribution in [-0.2, 0) is 7.05 Å². The van der Waals surface area contributed by atoms with Crippen LogP contribution >= 0.6 is 0 Å². The van der Waals surface area contributed by atoms with Crippen molar-refractivity contribution in [3.05, 3.63) is 46.4 Å². The number of aromatic nitrogens is 1. The van der Waals surface area contributed by atoms with Crippen LogP contribution in [0.4, 0.5) is 0 Å². The lowest BCUT2D eigenvalue weighted by Gasteiger charge is -2.06. The molecule has 0 fully saturated rings. The Bertz CT molecular complexity index is 641. The van der Waals surface area contributed by atoms with Crippen LogP contribution in [0, 0.1) is 0 Å². The number of rotatable bonds is 5. The fourth-order valence-electron chi connectivity index (χ4n) is 2.05. The van der Waals surface area contributed by atoms with E-state index >= 15 is 0 Å². The lowest BCUT2D eigenvalue weighted by atomic mass is 10.1. The quantitative estimate of drug-likeness (QED) is 0.850. The van der Waals surface area contributed by atoms with Gasteiger partial charge in [-0.1, -0.05) is 43.7 Å². The van der Waals surface area contributed by atoms with Crippen LogP contribution in [0.3, 0.4) is 0 Å². The maximum absolute atomic E-state index is 12.2. The van der Waals surface area contributed by atoms with Gasteiger partial charge in [0.2, 0.25) is 0 Å². The minimum Gasteiger partial charge on any atom is -0.351 e. The minimum atomic E-state index is -0.501. The molecule has 0 saturated carbocycles. The van der Waals surface area contributed by atoms with Gasteiger partial charge in [-0.15, -0.1) is 0 Å². The second kappa shape index (κ2) is 6.23. The molecule has 1 aromatic carbocycles. The predicted octanol–water partition coefficient (Wildman–Crippen LogP) is 2.18. The van der Waals surface area contributed by atoms with E-state index in [1.807, 2.05) is 18.2 Å². The average molecular weight is 274 g/mol. The van der Waals surface area contributed by atoms with Crippen LogP contribution in [0.2, 0.25) is 0 Å². The predicted molar refractivity (Wildman–Crippen MR) is 76.6 cm³/mol. The van der Waals surface area contributed by atoms with Crippen LogP contribution in [0.5, 0.6) is 0 Å². The molecule has 0 unspecified atom stereocenters. The van der Waals surface area contributed by atoms with Gasteiger partial charge in [-0.2, -0.15) is 0 Å². The maximum atomic E-state index is 12.2. The number of hydrogen-bond acceptors (Lipinski definition) is 3. The standard InChI is InChI=1S/C15H18N2O3/c1-3-4-10-16-14(18)13-12(15(19)20-17(13)2)11-8-6-5-7-9-11/h5-9H,3-4,10H2,1-2H3,(H,16,18). The van der Waals surface area contributed by atoms with Crippen LogP contribution < -0.4 is 10.9 Å². The van der Waals surface area contributed by atoms with Gasteiger partial charge in [0.05, 0.1) is 0 Å². The number of carbonyl (C=O) groups excluding carboxylic acids is 1. The van der Waals surface area contributed by atoms with Crippen LogP contribution in [0.15, 0.2) is 39.6 Å². The van der Waals surface area contributed by atoms with Gasteiger partial charge in [-0.25, -0.2) is 9.53 Å². The zero-order valence-electron chi connectivity index (χ0n) is 11.7. The molecule has 20 heavy (non-hydrogen) atoms. The Balaban J connectivity index is 2.38. The van der Waals surface area contributed by atoms with Crippen molar-refractivity contribution in [3.8, 4) is 11.1 Å². The highest BCUT2D eigenvalue weighted by Crippen LogP contribution is 2.20. The van der Waals surface area contributed by atoms with E-state index in [-0.39, 0.29) is 11.6 Å². The summed E-state index contributed by atoms with van der Waals surface area (Å²) in [5, 5.41) is 2.81. The third-order valence-electron chi connectivity index (χ3n) is 3.07. The van der Waals surface area contributed by atoms with Crippen molar-refractivity contribution in [1.29, 1.82) is 0 Å². The molecule has 5 heteroatoms. The maximum Gasteiger partial charge on any atom is 0.366 e. The summed E-state index contributed by atoms with van der Waals surface area (Å²) < 4.78 is 6.26. The highest BCUT2D eigenvalue weighted by molar-refractivity contribution is 5.98. The van der Waals surface area contributed by atoms with Crippen molar-refractivity contribution in [3.63, 3.8) is 0 Å². The van der Waals surface area contributed by atoms with Gasteiger partial charge in [0.15, 0.2) is 5.69 Å². The Morgan fingerprint density at radius 2 is 2.00 bits per heavy atom. The van der Waals surface area contributed by atoms with E-state index in [4.69, 9.17) is 4.52 Å². The van der Waals surface area contributed by atoms with Crippen molar-refractivity contribution in [2.24, 2.45) is 7.05 Å². The molecule has 0 bridgehead atoms. The molecule has 2 aromatic rings. The number of nitrogens with one attached hydrogen (secondary N) is 1. The van der Waals surface area contributed by atoms with Crippen molar-refractivity contribution >= 4 is 5.91 Å². The number of hydrogen-bond donors (Lipinski definition) is 1. The first kappa shape index (κ1) is 14.1. The van der Waals surface area contributed by atoms with E-state index in [1.165, 1.54) is 4.74 Å². The molecule has 2 rings (SSSR count). The SMILES string of the molecule is CCCCNC(=O)c1c(-c2ccccc2)c(=O)on1C. The number of unbranched alkanes of at least 4 members (excludes halogenated alkanes) is 1. The molecule has 0 spiro atoms. The summed E-state index contributed by atoms with van der Waals surface area (Å²) >= 11 is 0. The van der Waals surface area contributed by atoms with Gasteiger partial charge < -0.3 is 9.84 Å². The van der Waals surface area contributed by atoms with E-state index in [0.29, 0.717) is 17.7 Å². The van der Waals surface area contributed by atoms with Crippen molar-refractivity contribution in [2.45, 2.75) is 19.8 Å². The fraction of sp³-hybridized carbons (Fsp3) is 0.333. The van der Waals surface area contributed by atoms with Gasteiger partial charge in [0.1, 0.15) is 5.56 Å². The molecule has 1 heterocycles. The van der Waals surface area contributed by atoms with Crippen molar-refractivity contribution < 1.29 is 9.32 Å². The molecule has 0 radical (unpaired) electrons. The van der Waals surface area contributed by atoms with Gasteiger partial charge in [-0.3, -0.25) is 4.79 Å². The molecule has 0 aliphatic heterocycles. The summed E-state index contributed by atoms with van der Waals surface area (Å²) in [7, 11) is 1.56. The summed E-state index contributed by atoms with van der Waals surface area (Å²) in [6, 6.07) is 9.07. The number of nitrogens with zero attached hydrogens (tertiary/aromatic N) is 1. The van der Waals surface area contributed by atoms with Gasteiger partial charge in [0.25, 0.3) is 5.91 Å². The molecule has 0 saturated heterocycles. The molecule has 1 amide bonds. The van der Waals surface area contributed by atoms with Gasteiger partial charge >= 0.3 is 5.63 Å². The molecule has 5 nitrogen and oxygen atoms in total. The highest BCUT2D eigenvalue weighted by Gasteiger charge is 2.22. The Morgan fingerprint density at radius 1 is 1.30 bits per heavy atom. The molecule has 1 aromatic heterocycles. The second-order valence-electron chi connectivity index (χ2n) is 4.58. The van der Waals surface area contributed by atoms with Gasteiger partial charge in [-0.05, 0) is 12.0 Å². The van der Waals surface area contributed by atoms with Crippen molar-refractivity contribution in [2.75, 3.05) is 6.54 Å². The first-order valence-corrected chi connectivity index (χ1v) is 6.69. The molecular formula is C15H18N2O3. The minimum absolute atomic E-state index is 0.261. The number of amides is 1. The van der Waals surface area contributed by atoms with Gasteiger partial charge in [0, 0.05) is 13.6 Å². The number of aryl methyl sites for hydroxylation is 1. The topological polar surface area (TPSA) is 64.2 Å². The second-order valence-corrected chi connectivity index (χ2v) is 4.58. The van der Waals surface area contributed by atoms with Crippen LogP contribution in [0.1, 0.15) is 30.3 Å². The average Bonchev–Trinajstić information content (AvgIpc) is 2.74. The van der Waals surface area contributed by atoms with E-state index in [1.54, 1.807) is 19.2 Å². The highest BCUT2D eigenvalue weighted by atomic mass is 16.5. The summed E-state index contributed by atoms with van der Waals surface area (Å²) in [6.07, 6.45) is 1.90. The van der Waals surface area contributed by atoms with Crippen LogP contribution in [-0.4, -0.2) is 17.2 Å². The molecule has 0 aliphatic carbocycles. The summed E-state index contributed by atoms with van der Waals surface area (Å²) in [5.41, 5.74) is 0.751. The molecule has 106 valence electrons. The summed E-state index contributed by atoms with van der Waals surface area (Å²) in [4.78, 5) is 24.1. The first-order chi connectivity index (χ1) is 9.65. The summed E-state index contributed by atoms with van der Waals surface area (Å²) in [5.74, 6) is -0.286. The lowest BCUT2D eigenvalue weighted by Crippen LogP contribution is -2.27. The van der Waals surface area contributed by atoms with Crippen LogP contribution in [0.25, 0.3) is 11.1 Å². The monoisotopic (exact) mass is 274 g/mol. The Morgan fingerprint density at radius 3 is 2.65 bits per heavy atom. The zero-order chi connectivity index (χ0) is 14.5. The van der Waals surface area contributed by atoms with Crippen molar-refractivity contribution in [1.82, 2.24) is 10.1 Å². The Kier molecular flexibility index (Phi) is 4.40. The molecule has 0 atom stereocenters. The molecular weight excluding hydrogens is 256 g/mol. The Hall–Kier alpha value is -2.30. The molecule has 0 aliphatic rings. The number of benzene rings is 1. The lowest BCUT2D eigenvalue weighted by molar-refractivity contribution is 0.0933. The van der Waals surface area contributed by atoms with E-state index in [9.17, 15) is 9.59 Å². The van der Waals surface area contributed by atoms with E-state index in [0.717, 1.165) is 12.8 Å². The fourth-order valence-corrected chi connectivity index (χ4v) is 2.05. The number of carbonyl (C=O) groups is 1. The molecule has 1 N–H and O–H groups in total. The van der Waals surface area contributed by atoms with E-state index in [2.05, 4.69) is 12.2 Å². The summed E-state index contributed by atoms with van der Waals surface area (Å²) in [6.45, 7) is 2.64. The first-order valence-electron chi connectivity index (χ1n) is 6.69. The normalized spacial score (nSPS) is 10.5.